The van der Waals surface area contributed by atoms with Gasteiger partial charge in [-0.3, -0.25) is 4.79 Å². The second-order valence-corrected chi connectivity index (χ2v) is 6.55. The first-order valence-corrected chi connectivity index (χ1v) is 8.37. The van der Waals surface area contributed by atoms with Crippen molar-refractivity contribution < 1.29 is 9.21 Å². The third kappa shape index (κ3) is 2.86. The van der Waals surface area contributed by atoms with Crippen LogP contribution in [0.5, 0.6) is 0 Å². The average molecular weight is 329 g/mol. The van der Waals surface area contributed by atoms with Crippen LogP contribution in [0, 0.1) is 13.8 Å². The van der Waals surface area contributed by atoms with Gasteiger partial charge in [0.1, 0.15) is 16.4 Å². The number of rotatable bonds is 4. The monoisotopic (exact) mass is 329 g/mol. The molecular formula is C17H19N3O2S. The van der Waals surface area contributed by atoms with E-state index in [2.05, 4.69) is 9.97 Å². The number of hydrogen-bond acceptors (Lipinski definition) is 5. The summed E-state index contributed by atoms with van der Waals surface area (Å²) in [5.41, 5.74) is 1.90. The molecular weight excluding hydrogens is 310 g/mol. The first kappa shape index (κ1) is 15.7. The molecule has 0 aliphatic rings. The smallest absolute Gasteiger partial charge is 0.264 e. The summed E-state index contributed by atoms with van der Waals surface area (Å²) in [5.74, 6) is 1.57. The van der Waals surface area contributed by atoms with E-state index >= 15 is 0 Å². The number of aryl methyl sites for hydroxylation is 3. The molecule has 3 aromatic heterocycles. The van der Waals surface area contributed by atoms with Crippen LogP contribution >= 0.6 is 11.3 Å². The van der Waals surface area contributed by atoms with Crippen LogP contribution in [0.3, 0.4) is 0 Å². The number of thiophene rings is 1. The molecule has 23 heavy (non-hydrogen) atoms. The highest BCUT2D eigenvalue weighted by Gasteiger charge is 2.22. The molecule has 0 spiro atoms. The van der Waals surface area contributed by atoms with Crippen molar-refractivity contribution in [2.75, 3.05) is 7.05 Å². The van der Waals surface area contributed by atoms with Gasteiger partial charge in [-0.2, -0.15) is 0 Å². The quantitative estimate of drug-likeness (QED) is 0.731. The van der Waals surface area contributed by atoms with Crippen LogP contribution in [0.15, 0.2) is 22.8 Å². The van der Waals surface area contributed by atoms with Crippen molar-refractivity contribution in [1.82, 2.24) is 14.9 Å². The van der Waals surface area contributed by atoms with E-state index in [1.54, 1.807) is 18.2 Å². The average Bonchev–Trinajstić information content (AvgIpc) is 3.14. The van der Waals surface area contributed by atoms with Crippen LogP contribution in [0.2, 0.25) is 0 Å². The summed E-state index contributed by atoms with van der Waals surface area (Å²) in [6, 6.07) is 3.69. The van der Waals surface area contributed by atoms with Gasteiger partial charge in [0.25, 0.3) is 5.91 Å². The highest BCUT2D eigenvalue weighted by Crippen LogP contribution is 2.32. The maximum absolute atomic E-state index is 12.8. The topological polar surface area (TPSA) is 59.2 Å². The maximum Gasteiger partial charge on any atom is 0.264 e. The Morgan fingerprint density at radius 3 is 2.78 bits per heavy atom. The van der Waals surface area contributed by atoms with Gasteiger partial charge in [-0.1, -0.05) is 6.92 Å². The molecule has 0 saturated heterocycles. The summed E-state index contributed by atoms with van der Waals surface area (Å²) in [5, 5.41) is 1.00. The molecule has 0 saturated carbocycles. The van der Waals surface area contributed by atoms with Crippen molar-refractivity contribution in [1.29, 1.82) is 0 Å². The standard InChI is InChI=1S/C17H19N3O2S/c1-5-13-18-11(3)14-10(2)15(23-16(14)19-13)17(21)20(4)9-12-7-6-8-22-12/h6-8H,5,9H2,1-4H3. The number of carbonyl (C=O) groups excluding carboxylic acids is 1. The summed E-state index contributed by atoms with van der Waals surface area (Å²) in [4.78, 5) is 25.1. The molecule has 3 rings (SSSR count). The van der Waals surface area contributed by atoms with E-state index in [0.717, 1.165) is 44.4 Å². The first-order chi connectivity index (χ1) is 11.0. The molecule has 3 aromatic rings. The van der Waals surface area contributed by atoms with Crippen LogP contribution in [0.1, 0.15) is 39.4 Å². The Bertz CT molecular complexity index is 852. The summed E-state index contributed by atoms with van der Waals surface area (Å²) < 4.78 is 5.32. The van der Waals surface area contributed by atoms with Gasteiger partial charge in [-0.05, 0) is 31.5 Å². The minimum atomic E-state index is -0.0145. The van der Waals surface area contributed by atoms with E-state index in [1.807, 2.05) is 32.9 Å². The minimum absolute atomic E-state index is 0.0145. The predicted molar refractivity (Wildman–Crippen MR) is 90.8 cm³/mol. The van der Waals surface area contributed by atoms with Crippen molar-refractivity contribution in [2.24, 2.45) is 0 Å². The molecule has 6 heteroatoms. The van der Waals surface area contributed by atoms with Gasteiger partial charge in [-0.15, -0.1) is 11.3 Å². The van der Waals surface area contributed by atoms with Gasteiger partial charge in [-0.25, -0.2) is 9.97 Å². The number of fused-ring (bicyclic) bond motifs is 1. The molecule has 5 nitrogen and oxygen atoms in total. The van der Waals surface area contributed by atoms with Gasteiger partial charge >= 0.3 is 0 Å². The maximum atomic E-state index is 12.8. The molecule has 0 fully saturated rings. The first-order valence-electron chi connectivity index (χ1n) is 7.55. The fourth-order valence-corrected chi connectivity index (χ4v) is 3.88. The van der Waals surface area contributed by atoms with Crippen molar-refractivity contribution >= 4 is 27.5 Å². The van der Waals surface area contributed by atoms with Gasteiger partial charge in [0.15, 0.2) is 0 Å². The fraction of sp³-hybridized carbons (Fsp3) is 0.353. The normalized spacial score (nSPS) is 11.1. The summed E-state index contributed by atoms with van der Waals surface area (Å²) in [6.45, 7) is 6.42. The second kappa shape index (κ2) is 6.12. The van der Waals surface area contributed by atoms with Gasteiger partial charge < -0.3 is 9.32 Å². The number of furan rings is 1. The predicted octanol–water partition coefficient (Wildman–Crippen LogP) is 3.74. The number of hydrogen-bond donors (Lipinski definition) is 0. The SMILES string of the molecule is CCc1nc(C)c2c(C)c(C(=O)N(C)Cc3ccco3)sc2n1. The lowest BCUT2D eigenvalue weighted by atomic mass is 10.1. The van der Waals surface area contributed by atoms with Crippen molar-refractivity contribution in [3.8, 4) is 0 Å². The third-order valence-electron chi connectivity index (χ3n) is 3.85. The lowest BCUT2D eigenvalue weighted by Crippen LogP contribution is -2.25. The van der Waals surface area contributed by atoms with Crippen LogP contribution in [0.4, 0.5) is 0 Å². The molecule has 120 valence electrons. The van der Waals surface area contributed by atoms with Crippen LogP contribution in [-0.2, 0) is 13.0 Å². The Kier molecular flexibility index (Phi) is 4.17. The Morgan fingerprint density at radius 1 is 1.35 bits per heavy atom. The Labute approximate surface area is 139 Å². The van der Waals surface area contributed by atoms with Crippen LogP contribution in [0.25, 0.3) is 10.2 Å². The lowest BCUT2D eigenvalue weighted by Gasteiger charge is -2.15. The highest BCUT2D eigenvalue weighted by molar-refractivity contribution is 7.20. The molecule has 3 heterocycles. The van der Waals surface area contributed by atoms with Crippen molar-refractivity contribution in [3.63, 3.8) is 0 Å². The highest BCUT2D eigenvalue weighted by atomic mass is 32.1. The Hall–Kier alpha value is -2.21. The molecule has 0 aliphatic heterocycles. The molecule has 0 bridgehead atoms. The number of nitrogens with zero attached hydrogens (tertiary/aromatic N) is 3. The molecule has 0 aliphatic carbocycles. The van der Waals surface area contributed by atoms with Crippen LogP contribution in [-0.4, -0.2) is 27.8 Å². The zero-order chi connectivity index (χ0) is 16.6. The van der Waals surface area contributed by atoms with Gasteiger partial charge in [0.05, 0.1) is 17.7 Å². The molecule has 1 amide bonds. The fourth-order valence-electron chi connectivity index (χ4n) is 2.64. The number of carbonyl (C=O) groups is 1. The lowest BCUT2D eigenvalue weighted by molar-refractivity contribution is 0.0779. The zero-order valence-corrected chi connectivity index (χ0v) is 14.5. The Morgan fingerprint density at radius 2 is 2.13 bits per heavy atom. The Balaban J connectivity index is 1.97. The van der Waals surface area contributed by atoms with E-state index in [-0.39, 0.29) is 5.91 Å². The van der Waals surface area contributed by atoms with E-state index < -0.39 is 0 Å². The van der Waals surface area contributed by atoms with Gasteiger partial charge in [0.2, 0.25) is 0 Å². The third-order valence-corrected chi connectivity index (χ3v) is 5.02. The second-order valence-electron chi connectivity index (χ2n) is 5.56. The largest absolute Gasteiger partial charge is 0.467 e. The molecule has 0 unspecified atom stereocenters. The molecule has 0 atom stereocenters. The minimum Gasteiger partial charge on any atom is -0.467 e. The van der Waals surface area contributed by atoms with Crippen molar-refractivity contribution in [3.05, 3.63) is 46.1 Å². The van der Waals surface area contributed by atoms with E-state index in [4.69, 9.17) is 4.42 Å². The van der Waals surface area contributed by atoms with E-state index in [0.29, 0.717) is 6.54 Å². The number of aromatic nitrogens is 2. The molecule has 0 radical (unpaired) electrons. The van der Waals surface area contributed by atoms with Crippen molar-refractivity contribution in [2.45, 2.75) is 33.7 Å². The molecule has 0 aromatic carbocycles. The number of amides is 1. The van der Waals surface area contributed by atoms with Crippen LogP contribution < -0.4 is 0 Å². The zero-order valence-electron chi connectivity index (χ0n) is 13.7. The van der Waals surface area contributed by atoms with Gasteiger partial charge in [0, 0.05) is 24.5 Å². The molecule has 0 N–H and O–H groups in total. The summed E-state index contributed by atoms with van der Waals surface area (Å²) in [7, 11) is 1.78. The summed E-state index contributed by atoms with van der Waals surface area (Å²) >= 11 is 1.44. The van der Waals surface area contributed by atoms with E-state index in [1.165, 1.54) is 11.3 Å². The summed E-state index contributed by atoms with van der Waals surface area (Å²) in [6.07, 6.45) is 2.40. The van der Waals surface area contributed by atoms with E-state index in [9.17, 15) is 4.79 Å².